The molecule has 1 saturated heterocycles. The van der Waals surface area contributed by atoms with E-state index < -0.39 is 0 Å². The molecule has 1 aliphatic rings. The van der Waals surface area contributed by atoms with Crippen molar-refractivity contribution in [3.63, 3.8) is 0 Å². The molecule has 0 aliphatic carbocycles. The maximum atomic E-state index is 8.95. The standard InChI is InChI=1S/C24H28N8/c1-14(2)20-21(18-12-32-24(27-13-28-32)16(4)15(18)3)30-23-22(20)29-19(11-26-23)17-5-8-31(9-6-17)10-7-25/h11-14,17H,5-6,8-10H2,1-4H3,(H,26,30). The number of rotatable bonds is 4. The van der Waals surface area contributed by atoms with Gasteiger partial charge in [-0.25, -0.2) is 19.5 Å². The predicted octanol–water partition coefficient (Wildman–Crippen LogP) is 4.11. The highest BCUT2D eigenvalue weighted by Gasteiger charge is 2.25. The van der Waals surface area contributed by atoms with Crippen LogP contribution in [0.4, 0.5) is 0 Å². The molecular formula is C24H28N8. The Labute approximate surface area is 187 Å². The highest BCUT2D eigenvalue weighted by Crippen LogP contribution is 2.37. The predicted molar refractivity (Wildman–Crippen MR) is 123 cm³/mol. The summed E-state index contributed by atoms with van der Waals surface area (Å²) >= 11 is 0. The Balaban J connectivity index is 1.59. The summed E-state index contributed by atoms with van der Waals surface area (Å²) < 4.78 is 1.84. The third-order valence-corrected chi connectivity index (χ3v) is 6.83. The van der Waals surface area contributed by atoms with Gasteiger partial charge in [0.15, 0.2) is 11.3 Å². The highest BCUT2D eigenvalue weighted by molar-refractivity contribution is 5.87. The summed E-state index contributed by atoms with van der Waals surface area (Å²) in [5, 5.41) is 13.3. The normalized spacial score (nSPS) is 15.8. The van der Waals surface area contributed by atoms with E-state index in [0.29, 0.717) is 12.5 Å². The lowest BCUT2D eigenvalue weighted by molar-refractivity contribution is 0.233. The van der Waals surface area contributed by atoms with Gasteiger partial charge in [-0.3, -0.25) is 4.90 Å². The van der Waals surface area contributed by atoms with Crippen LogP contribution in [-0.4, -0.2) is 54.1 Å². The van der Waals surface area contributed by atoms with Gasteiger partial charge in [0.25, 0.3) is 0 Å². The average Bonchev–Trinajstić information content (AvgIpc) is 3.41. The van der Waals surface area contributed by atoms with Gasteiger partial charge in [-0.05, 0) is 56.8 Å². The van der Waals surface area contributed by atoms with Crippen LogP contribution in [-0.2, 0) is 0 Å². The number of pyridine rings is 1. The zero-order valence-corrected chi connectivity index (χ0v) is 19.1. The molecule has 8 nitrogen and oxygen atoms in total. The number of nitrogens with one attached hydrogen (secondary N) is 1. The van der Waals surface area contributed by atoms with E-state index >= 15 is 0 Å². The first-order valence-corrected chi connectivity index (χ1v) is 11.3. The van der Waals surface area contributed by atoms with E-state index in [9.17, 15) is 0 Å². The smallest absolute Gasteiger partial charge is 0.158 e. The number of fused-ring (bicyclic) bond motifs is 2. The number of likely N-dealkylation sites (tertiary alicyclic amines) is 1. The maximum absolute atomic E-state index is 8.95. The SMILES string of the molecule is Cc1c(-c2[nH]c3ncc(C4CCN(CC#N)CC4)nc3c2C(C)C)cn2ncnc2c1C. The van der Waals surface area contributed by atoms with Crippen LogP contribution in [0.5, 0.6) is 0 Å². The molecular weight excluding hydrogens is 400 g/mol. The first kappa shape index (κ1) is 20.6. The first-order valence-electron chi connectivity index (χ1n) is 11.3. The van der Waals surface area contributed by atoms with Gasteiger partial charge in [0, 0.05) is 23.2 Å². The fourth-order valence-corrected chi connectivity index (χ4v) is 4.90. The second-order valence-electron chi connectivity index (χ2n) is 9.09. The van der Waals surface area contributed by atoms with Crippen molar-refractivity contribution in [3.05, 3.63) is 41.1 Å². The van der Waals surface area contributed by atoms with Gasteiger partial charge in [0.2, 0.25) is 0 Å². The Morgan fingerprint density at radius 3 is 2.69 bits per heavy atom. The van der Waals surface area contributed by atoms with E-state index in [0.717, 1.165) is 65.3 Å². The summed E-state index contributed by atoms with van der Waals surface area (Å²) in [7, 11) is 0. The average molecular weight is 429 g/mol. The Hall–Kier alpha value is -3.31. The third kappa shape index (κ3) is 3.33. The van der Waals surface area contributed by atoms with E-state index in [1.54, 1.807) is 6.33 Å². The minimum absolute atomic E-state index is 0.284. The van der Waals surface area contributed by atoms with Crippen molar-refractivity contribution in [1.82, 2.24) is 34.4 Å². The number of nitriles is 1. The Morgan fingerprint density at radius 2 is 1.97 bits per heavy atom. The third-order valence-electron chi connectivity index (χ3n) is 6.83. The van der Waals surface area contributed by atoms with E-state index in [1.165, 1.54) is 11.1 Å². The fraction of sp³-hybridized carbons (Fsp3) is 0.458. The molecule has 0 radical (unpaired) electrons. The molecule has 0 saturated carbocycles. The lowest BCUT2D eigenvalue weighted by Crippen LogP contribution is -2.33. The van der Waals surface area contributed by atoms with Gasteiger partial charge in [-0.15, -0.1) is 0 Å². The van der Waals surface area contributed by atoms with Crippen LogP contribution in [0.2, 0.25) is 0 Å². The number of H-pyrrole nitrogens is 1. The molecule has 5 heterocycles. The molecule has 0 aromatic carbocycles. The Morgan fingerprint density at radius 1 is 1.19 bits per heavy atom. The first-order chi connectivity index (χ1) is 15.5. The van der Waals surface area contributed by atoms with Gasteiger partial charge in [0.05, 0.1) is 30.2 Å². The molecule has 1 aliphatic heterocycles. The summed E-state index contributed by atoms with van der Waals surface area (Å²) in [6.45, 7) is 11.0. The van der Waals surface area contributed by atoms with Crippen molar-refractivity contribution < 1.29 is 0 Å². The number of nitrogens with zero attached hydrogens (tertiary/aromatic N) is 7. The van der Waals surface area contributed by atoms with Gasteiger partial charge in [-0.2, -0.15) is 10.4 Å². The number of aromatic nitrogens is 6. The maximum Gasteiger partial charge on any atom is 0.158 e. The highest BCUT2D eigenvalue weighted by atomic mass is 15.3. The fourth-order valence-electron chi connectivity index (χ4n) is 4.90. The molecule has 4 aromatic heterocycles. The molecule has 32 heavy (non-hydrogen) atoms. The zero-order chi connectivity index (χ0) is 22.4. The molecule has 0 bridgehead atoms. The number of hydrogen-bond acceptors (Lipinski definition) is 6. The monoisotopic (exact) mass is 428 g/mol. The van der Waals surface area contributed by atoms with Crippen molar-refractivity contribution in [1.29, 1.82) is 5.26 Å². The van der Waals surface area contributed by atoms with Crippen LogP contribution in [0.25, 0.3) is 28.1 Å². The van der Waals surface area contributed by atoms with Gasteiger partial charge >= 0.3 is 0 Å². The molecule has 0 unspecified atom stereocenters. The van der Waals surface area contributed by atoms with Crippen molar-refractivity contribution in [3.8, 4) is 17.3 Å². The van der Waals surface area contributed by atoms with Crippen molar-refractivity contribution in [2.75, 3.05) is 19.6 Å². The van der Waals surface area contributed by atoms with Crippen LogP contribution in [0.3, 0.4) is 0 Å². The number of piperidine rings is 1. The van der Waals surface area contributed by atoms with Crippen LogP contribution in [0, 0.1) is 25.2 Å². The van der Waals surface area contributed by atoms with E-state index in [-0.39, 0.29) is 5.92 Å². The second-order valence-corrected chi connectivity index (χ2v) is 9.09. The summed E-state index contributed by atoms with van der Waals surface area (Å²) in [5.74, 6) is 0.669. The number of aromatic amines is 1. The topological polar surface area (TPSA) is 98.8 Å². The minimum atomic E-state index is 0.284. The van der Waals surface area contributed by atoms with Gasteiger partial charge in [0.1, 0.15) is 11.8 Å². The summed E-state index contributed by atoms with van der Waals surface area (Å²) in [5.41, 5.74) is 9.40. The number of hydrogen-bond donors (Lipinski definition) is 1. The molecule has 4 aromatic rings. The van der Waals surface area contributed by atoms with Crippen molar-refractivity contribution >= 4 is 16.8 Å². The molecule has 0 amide bonds. The second kappa shape index (κ2) is 7.99. The summed E-state index contributed by atoms with van der Waals surface area (Å²) in [4.78, 5) is 20.1. The molecule has 1 fully saturated rings. The molecule has 5 rings (SSSR count). The van der Waals surface area contributed by atoms with Crippen LogP contribution in [0.1, 0.15) is 60.9 Å². The molecule has 1 N–H and O–H groups in total. The molecule has 8 heteroatoms. The largest absolute Gasteiger partial charge is 0.338 e. The van der Waals surface area contributed by atoms with E-state index in [1.807, 2.05) is 16.9 Å². The Kier molecular flexibility index (Phi) is 5.14. The van der Waals surface area contributed by atoms with Crippen molar-refractivity contribution in [2.45, 2.75) is 52.4 Å². The minimum Gasteiger partial charge on any atom is -0.338 e. The summed E-state index contributed by atoms with van der Waals surface area (Å²) in [6.07, 6.45) is 7.59. The molecule has 0 spiro atoms. The van der Waals surface area contributed by atoms with E-state index in [4.69, 9.17) is 15.2 Å². The van der Waals surface area contributed by atoms with Crippen LogP contribution >= 0.6 is 0 Å². The van der Waals surface area contributed by atoms with Crippen LogP contribution < -0.4 is 0 Å². The Bertz CT molecular complexity index is 1330. The lowest BCUT2D eigenvalue weighted by Gasteiger charge is -2.29. The lowest BCUT2D eigenvalue weighted by atomic mass is 9.93. The van der Waals surface area contributed by atoms with Crippen molar-refractivity contribution in [2.24, 2.45) is 0 Å². The molecule has 0 atom stereocenters. The molecule has 164 valence electrons. The van der Waals surface area contributed by atoms with Gasteiger partial charge < -0.3 is 4.98 Å². The zero-order valence-electron chi connectivity index (χ0n) is 19.1. The quantitative estimate of drug-likeness (QED) is 0.491. The number of aryl methyl sites for hydroxylation is 1. The summed E-state index contributed by atoms with van der Waals surface area (Å²) in [6, 6.07) is 2.26. The van der Waals surface area contributed by atoms with E-state index in [2.05, 4.69) is 53.7 Å². The van der Waals surface area contributed by atoms with Crippen LogP contribution in [0.15, 0.2) is 18.7 Å². The van der Waals surface area contributed by atoms with Gasteiger partial charge in [-0.1, -0.05) is 13.8 Å².